The maximum atomic E-state index is 8.20. The van der Waals surface area contributed by atoms with Crippen LogP contribution in [0.4, 0.5) is 11.4 Å². The summed E-state index contributed by atoms with van der Waals surface area (Å²) in [4.78, 5) is 1.84. The standard InChI is InChI=1S/C22H19BN4S2/c24-21(19-9-3-11-28-19)26-17-7-1-5-15(13-17)23-16-6-2-8-18(14-16)27-22(25)20-10-4-12-29-20/h1-14,23H,(H2,24,26)(H2,25,27). The summed E-state index contributed by atoms with van der Waals surface area (Å²) in [6.45, 7) is 0. The second kappa shape index (κ2) is 8.90. The van der Waals surface area contributed by atoms with Gasteiger partial charge in [0.25, 0.3) is 0 Å². The Hall–Kier alpha value is -3.16. The molecule has 0 fully saturated rings. The molecular formula is C22H19BN4S2. The molecule has 4 aromatic rings. The molecule has 0 aliphatic rings. The number of amidine groups is 2. The SMILES string of the molecule is N=C(Nc1cccc(Bc2cccc(NC(=N)c3cccs3)c2)c1)c1cccs1. The van der Waals surface area contributed by atoms with E-state index in [1.807, 2.05) is 59.3 Å². The van der Waals surface area contributed by atoms with Gasteiger partial charge in [0.15, 0.2) is 7.28 Å². The molecule has 4 rings (SSSR count). The lowest BCUT2D eigenvalue weighted by Gasteiger charge is -2.10. The third-order valence-electron chi connectivity index (χ3n) is 4.34. The minimum Gasteiger partial charge on any atom is -0.340 e. The Morgan fingerprint density at radius 1 is 0.655 bits per heavy atom. The molecule has 0 unspecified atom stereocenters. The van der Waals surface area contributed by atoms with Crippen molar-refractivity contribution in [3.05, 3.63) is 93.3 Å². The van der Waals surface area contributed by atoms with Crippen LogP contribution in [0.3, 0.4) is 0 Å². The summed E-state index contributed by atoms with van der Waals surface area (Å²) < 4.78 is 0. The van der Waals surface area contributed by atoms with Gasteiger partial charge in [-0.1, -0.05) is 47.3 Å². The van der Waals surface area contributed by atoms with E-state index in [4.69, 9.17) is 10.8 Å². The molecule has 0 aliphatic carbocycles. The zero-order chi connectivity index (χ0) is 20.1. The van der Waals surface area contributed by atoms with Crippen molar-refractivity contribution in [1.29, 1.82) is 10.8 Å². The van der Waals surface area contributed by atoms with Crippen LogP contribution < -0.4 is 21.6 Å². The fraction of sp³-hybridized carbons (Fsp3) is 0. The molecule has 0 atom stereocenters. The summed E-state index contributed by atoms with van der Waals surface area (Å²) in [6, 6.07) is 24.1. The van der Waals surface area contributed by atoms with Crippen LogP contribution in [-0.2, 0) is 0 Å². The lowest BCUT2D eigenvalue weighted by Crippen LogP contribution is -2.27. The van der Waals surface area contributed by atoms with Crippen molar-refractivity contribution in [2.24, 2.45) is 0 Å². The molecule has 29 heavy (non-hydrogen) atoms. The molecule has 0 radical (unpaired) electrons. The van der Waals surface area contributed by atoms with Crippen LogP contribution in [0.1, 0.15) is 9.75 Å². The molecule has 4 N–H and O–H groups in total. The molecule has 0 saturated carbocycles. The Morgan fingerprint density at radius 2 is 1.14 bits per heavy atom. The van der Waals surface area contributed by atoms with Gasteiger partial charge in [0, 0.05) is 11.4 Å². The lowest BCUT2D eigenvalue weighted by molar-refractivity contribution is 1.47. The molecule has 2 heterocycles. The van der Waals surface area contributed by atoms with Crippen molar-refractivity contribution >= 4 is 63.9 Å². The molecule has 0 spiro atoms. The predicted molar refractivity (Wildman–Crippen MR) is 129 cm³/mol. The van der Waals surface area contributed by atoms with Crippen LogP contribution in [0.5, 0.6) is 0 Å². The number of benzene rings is 2. The summed E-state index contributed by atoms with van der Waals surface area (Å²) in [5, 5.41) is 26.7. The molecule has 0 saturated heterocycles. The highest BCUT2D eigenvalue weighted by Crippen LogP contribution is 2.13. The Morgan fingerprint density at radius 3 is 1.55 bits per heavy atom. The zero-order valence-corrected chi connectivity index (χ0v) is 17.2. The number of rotatable bonds is 6. The summed E-state index contributed by atoms with van der Waals surface area (Å²) in [5.74, 6) is 0.825. The zero-order valence-electron chi connectivity index (χ0n) is 15.6. The van der Waals surface area contributed by atoms with Crippen molar-refractivity contribution in [3.63, 3.8) is 0 Å². The van der Waals surface area contributed by atoms with Crippen molar-refractivity contribution < 1.29 is 0 Å². The summed E-state index contributed by atoms with van der Waals surface area (Å²) in [5.41, 5.74) is 4.16. The van der Waals surface area contributed by atoms with E-state index in [1.54, 1.807) is 22.7 Å². The van der Waals surface area contributed by atoms with E-state index >= 15 is 0 Å². The molecule has 142 valence electrons. The van der Waals surface area contributed by atoms with Gasteiger partial charge < -0.3 is 10.6 Å². The number of anilines is 2. The molecule has 7 heteroatoms. The van der Waals surface area contributed by atoms with E-state index in [1.165, 1.54) is 10.9 Å². The van der Waals surface area contributed by atoms with Crippen molar-refractivity contribution in [2.75, 3.05) is 10.6 Å². The van der Waals surface area contributed by atoms with Gasteiger partial charge in [-0.2, -0.15) is 0 Å². The average Bonchev–Trinajstić information content (AvgIpc) is 3.43. The molecular weight excluding hydrogens is 395 g/mol. The molecule has 2 aromatic heterocycles. The van der Waals surface area contributed by atoms with Gasteiger partial charge in [0.2, 0.25) is 0 Å². The number of thiophene rings is 2. The highest BCUT2D eigenvalue weighted by Gasteiger charge is 2.07. The molecule has 0 amide bonds. The van der Waals surface area contributed by atoms with Gasteiger partial charge in [0.05, 0.1) is 9.75 Å². The first-order valence-corrected chi connectivity index (χ1v) is 10.9. The quantitative estimate of drug-likeness (QED) is 0.218. The molecule has 4 nitrogen and oxygen atoms in total. The number of hydrogen-bond donors (Lipinski definition) is 4. The monoisotopic (exact) mass is 414 g/mol. The first-order chi connectivity index (χ1) is 14.2. The van der Waals surface area contributed by atoms with Crippen LogP contribution in [0.2, 0.25) is 0 Å². The highest BCUT2D eigenvalue weighted by atomic mass is 32.1. The average molecular weight is 414 g/mol. The lowest BCUT2D eigenvalue weighted by atomic mass is 9.64. The number of hydrogen-bond acceptors (Lipinski definition) is 4. The Kier molecular flexibility index (Phi) is 5.88. The van der Waals surface area contributed by atoms with E-state index in [0.29, 0.717) is 11.7 Å². The third kappa shape index (κ3) is 5.02. The van der Waals surface area contributed by atoms with E-state index in [0.717, 1.165) is 28.4 Å². The maximum Gasteiger partial charge on any atom is 0.192 e. The number of nitrogens with one attached hydrogen (secondary N) is 4. The van der Waals surface area contributed by atoms with Gasteiger partial charge >= 0.3 is 0 Å². The fourth-order valence-electron chi connectivity index (χ4n) is 3.01. The van der Waals surface area contributed by atoms with Crippen LogP contribution >= 0.6 is 22.7 Å². The minimum absolute atomic E-state index is 0.412. The largest absolute Gasteiger partial charge is 0.340 e. The molecule has 0 aliphatic heterocycles. The second-order valence-corrected chi connectivity index (χ2v) is 8.43. The topological polar surface area (TPSA) is 71.8 Å². The summed E-state index contributed by atoms with van der Waals surface area (Å²) in [7, 11) is 0.781. The summed E-state index contributed by atoms with van der Waals surface area (Å²) >= 11 is 3.10. The Balaban J connectivity index is 1.44. The van der Waals surface area contributed by atoms with Gasteiger partial charge in [-0.05, 0) is 47.2 Å². The van der Waals surface area contributed by atoms with Crippen molar-refractivity contribution in [2.45, 2.75) is 0 Å². The first-order valence-electron chi connectivity index (χ1n) is 9.14. The van der Waals surface area contributed by atoms with E-state index in [9.17, 15) is 0 Å². The van der Waals surface area contributed by atoms with Gasteiger partial charge in [-0.15, -0.1) is 22.7 Å². The van der Waals surface area contributed by atoms with Crippen molar-refractivity contribution in [1.82, 2.24) is 0 Å². The Bertz CT molecular complexity index is 1030. The predicted octanol–water partition coefficient (Wildman–Crippen LogP) is 4.07. The second-order valence-electron chi connectivity index (χ2n) is 6.53. The summed E-state index contributed by atoms with van der Waals surface area (Å²) in [6.07, 6.45) is 0. The van der Waals surface area contributed by atoms with E-state index in [2.05, 4.69) is 34.9 Å². The normalized spacial score (nSPS) is 10.3. The minimum atomic E-state index is 0.412. The van der Waals surface area contributed by atoms with Crippen LogP contribution in [-0.4, -0.2) is 19.0 Å². The highest BCUT2D eigenvalue weighted by molar-refractivity contribution is 7.12. The first kappa shape index (κ1) is 19.2. The van der Waals surface area contributed by atoms with Gasteiger partial charge in [0.1, 0.15) is 11.7 Å². The van der Waals surface area contributed by atoms with E-state index < -0.39 is 0 Å². The van der Waals surface area contributed by atoms with Gasteiger partial charge in [-0.3, -0.25) is 10.8 Å². The maximum absolute atomic E-state index is 8.20. The molecule has 0 bridgehead atoms. The van der Waals surface area contributed by atoms with Crippen LogP contribution in [0.25, 0.3) is 0 Å². The van der Waals surface area contributed by atoms with Crippen LogP contribution in [0, 0.1) is 10.8 Å². The fourth-order valence-corrected chi connectivity index (χ4v) is 4.27. The smallest absolute Gasteiger partial charge is 0.192 e. The van der Waals surface area contributed by atoms with Crippen LogP contribution in [0.15, 0.2) is 83.6 Å². The third-order valence-corrected chi connectivity index (χ3v) is 6.11. The van der Waals surface area contributed by atoms with Gasteiger partial charge in [-0.25, -0.2) is 0 Å². The van der Waals surface area contributed by atoms with Crippen molar-refractivity contribution in [3.8, 4) is 0 Å². The Labute approximate surface area is 178 Å². The molecule has 2 aromatic carbocycles. The van der Waals surface area contributed by atoms with E-state index in [-0.39, 0.29) is 0 Å².